The van der Waals surface area contributed by atoms with E-state index in [1.165, 1.54) is 11.8 Å². The molecule has 2 saturated heterocycles. The topological polar surface area (TPSA) is 86.5 Å². The van der Waals surface area contributed by atoms with Crippen LogP contribution in [0.4, 0.5) is 4.39 Å². The number of ether oxygens (including phenoxy) is 1. The molecule has 0 aliphatic carbocycles. The van der Waals surface area contributed by atoms with E-state index in [9.17, 15) is 9.59 Å². The predicted molar refractivity (Wildman–Crippen MR) is 153 cm³/mol. The Morgan fingerprint density at radius 2 is 1.73 bits per heavy atom. The van der Waals surface area contributed by atoms with Gasteiger partial charge in [0.05, 0.1) is 17.2 Å². The maximum atomic E-state index is 15.0. The van der Waals surface area contributed by atoms with Gasteiger partial charge in [-0.05, 0) is 67.8 Å². The highest BCUT2D eigenvalue weighted by Gasteiger charge is 2.31. The Labute approximate surface area is 240 Å². The van der Waals surface area contributed by atoms with Crippen LogP contribution in [-0.4, -0.2) is 64.9 Å². The van der Waals surface area contributed by atoms with Crippen molar-refractivity contribution in [2.75, 3.05) is 26.2 Å². The summed E-state index contributed by atoms with van der Waals surface area (Å²) in [5.41, 5.74) is 3.52. The zero-order valence-electron chi connectivity index (χ0n) is 23.3. The molecule has 1 unspecified atom stereocenters. The molecular weight excluding hydrogens is 519 g/mol. The van der Waals surface area contributed by atoms with Crippen molar-refractivity contribution < 1.29 is 18.7 Å². The highest BCUT2D eigenvalue weighted by molar-refractivity contribution is 5.97. The fourth-order valence-corrected chi connectivity index (χ4v) is 5.53. The summed E-state index contributed by atoms with van der Waals surface area (Å²) in [6, 6.07) is 20.6. The second kappa shape index (κ2) is 13.0. The van der Waals surface area contributed by atoms with Gasteiger partial charge >= 0.3 is 0 Å². The molecule has 0 N–H and O–H groups in total. The predicted octanol–water partition coefficient (Wildman–Crippen LogP) is 5.38. The summed E-state index contributed by atoms with van der Waals surface area (Å²) in [6.45, 7) is 4.81. The Hall–Kier alpha value is -4.09. The quantitative estimate of drug-likeness (QED) is 0.348. The van der Waals surface area contributed by atoms with Crippen molar-refractivity contribution in [2.45, 2.75) is 51.4 Å². The van der Waals surface area contributed by atoms with E-state index in [1.807, 2.05) is 48.2 Å². The lowest BCUT2D eigenvalue weighted by molar-refractivity contribution is 0.0594. The first-order valence-corrected chi connectivity index (χ1v) is 14.3. The zero-order valence-corrected chi connectivity index (χ0v) is 23.3. The molecule has 1 amide bonds. The third kappa shape index (κ3) is 7.36. The van der Waals surface area contributed by atoms with Gasteiger partial charge in [-0.25, -0.2) is 4.39 Å². The van der Waals surface area contributed by atoms with Crippen LogP contribution in [0.5, 0.6) is 5.75 Å². The van der Waals surface area contributed by atoms with Gasteiger partial charge < -0.3 is 9.64 Å². The Balaban J connectivity index is 1.07. The molecule has 7 nitrogen and oxygen atoms in total. The smallest absolute Gasteiger partial charge is 0.255 e. The second-order valence-electron chi connectivity index (χ2n) is 11.1. The third-order valence-corrected chi connectivity index (χ3v) is 8.05. The summed E-state index contributed by atoms with van der Waals surface area (Å²) < 4.78 is 21.1. The maximum absolute atomic E-state index is 15.0. The number of nitrogens with zero attached hydrogens (tertiary/aromatic N) is 4. The van der Waals surface area contributed by atoms with Gasteiger partial charge in [0.1, 0.15) is 23.7 Å². The molecule has 0 bridgehead atoms. The fraction of sp³-hybridized carbons (Fsp3) is 0.394. The van der Waals surface area contributed by atoms with E-state index in [-0.39, 0.29) is 42.4 Å². The van der Waals surface area contributed by atoms with E-state index in [1.54, 1.807) is 29.2 Å². The number of amides is 1. The summed E-state index contributed by atoms with van der Waals surface area (Å²) >= 11 is 0. The van der Waals surface area contributed by atoms with Gasteiger partial charge in [-0.3, -0.25) is 19.5 Å². The molecular formula is C33H35FN4O3. The molecule has 8 heteroatoms. The Kier molecular flexibility index (Phi) is 9.05. The fourth-order valence-electron chi connectivity index (χ4n) is 5.53. The minimum absolute atomic E-state index is 0.0713. The van der Waals surface area contributed by atoms with Crippen LogP contribution in [0.15, 0.2) is 66.9 Å². The van der Waals surface area contributed by atoms with Crippen molar-refractivity contribution in [1.82, 2.24) is 14.8 Å². The van der Waals surface area contributed by atoms with Crippen LogP contribution in [0.2, 0.25) is 0 Å². The van der Waals surface area contributed by atoms with Crippen LogP contribution in [0.1, 0.15) is 63.2 Å². The molecule has 2 aliphatic heterocycles. The number of aromatic nitrogens is 1. The van der Waals surface area contributed by atoms with E-state index in [0.717, 1.165) is 24.2 Å². The summed E-state index contributed by atoms with van der Waals surface area (Å²) in [5.74, 6) is 0.179. The Morgan fingerprint density at radius 1 is 1.00 bits per heavy atom. The lowest BCUT2D eigenvalue weighted by atomic mass is 9.89. The zero-order chi connectivity index (χ0) is 28.8. The van der Waals surface area contributed by atoms with Crippen molar-refractivity contribution in [3.8, 4) is 11.8 Å². The summed E-state index contributed by atoms with van der Waals surface area (Å²) in [6.07, 6.45) is 2.61. The number of hydrogen-bond acceptors (Lipinski definition) is 6. The highest BCUT2D eigenvalue weighted by atomic mass is 19.1. The SMILES string of the molecule is Cc1ccc(OC2CCN(C(=O)c3ccc(C(=O)CC4CCN(Cc5ccc(C#N)cc5)C[C@H]4F)nc3)CC2)cc1. The van der Waals surface area contributed by atoms with E-state index >= 15 is 4.39 Å². The number of rotatable bonds is 8. The maximum Gasteiger partial charge on any atom is 0.255 e. The molecule has 0 spiro atoms. The van der Waals surface area contributed by atoms with Crippen molar-refractivity contribution in [1.29, 1.82) is 5.26 Å². The number of Topliss-reactive ketones (excluding diaryl/α,β-unsaturated/α-hetero) is 1. The normalized spacial score (nSPS) is 19.9. The first-order valence-electron chi connectivity index (χ1n) is 14.3. The lowest BCUT2D eigenvalue weighted by Gasteiger charge is -2.34. The number of ketones is 1. The summed E-state index contributed by atoms with van der Waals surface area (Å²) in [7, 11) is 0. The molecule has 3 heterocycles. The number of likely N-dealkylation sites (tertiary alicyclic amines) is 2. The van der Waals surface area contributed by atoms with Crippen molar-refractivity contribution in [3.63, 3.8) is 0 Å². The van der Waals surface area contributed by atoms with Crippen LogP contribution >= 0.6 is 0 Å². The van der Waals surface area contributed by atoms with Gasteiger partial charge in [0, 0.05) is 51.6 Å². The number of piperidine rings is 2. The first kappa shape index (κ1) is 28.4. The molecule has 5 rings (SSSR count). The molecule has 0 radical (unpaired) electrons. The minimum Gasteiger partial charge on any atom is -0.490 e. The molecule has 41 heavy (non-hydrogen) atoms. The number of benzene rings is 2. The minimum atomic E-state index is -1.11. The van der Waals surface area contributed by atoms with Gasteiger partial charge in [0.25, 0.3) is 5.91 Å². The molecule has 2 fully saturated rings. The van der Waals surface area contributed by atoms with Gasteiger partial charge in [-0.1, -0.05) is 29.8 Å². The molecule has 0 saturated carbocycles. The van der Waals surface area contributed by atoms with E-state index < -0.39 is 6.17 Å². The number of halogens is 1. The number of aryl methyl sites for hydroxylation is 1. The van der Waals surface area contributed by atoms with Crippen molar-refractivity contribution in [2.24, 2.45) is 5.92 Å². The lowest BCUT2D eigenvalue weighted by Crippen LogP contribution is -2.42. The van der Waals surface area contributed by atoms with Crippen molar-refractivity contribution >= 4 is 11.7 Å². The van der Waals surface area contributed by atoms with E-state index in [2.05, 4.69) is 11.1 Å². The Bertz CT molecular complexity index is 1380. The number of carbonyl (C=O) groups is 2. The van der Waals surface area contributed by atoms with Crippen LogP contribution < -0.4 is 4.74 Å². The molecule has 1 aromatic heterocycles. The molecule has 2 atom stereocenters. The van der Waals surface area contributed by atoms with Gasteiger partial charge in [-0.15, -0.1) is 0 Å². The number of pyridine rings is 1. The Morgan fingerprint density at radius 3 is 2.37 bits per heavy atom. The summed E-state index contributed by atoms with van der Waals surface area (Å²) in [5, 5.41) is 8.95. The number of hydrogen-bond donors (Lipinski definition) is 0. The average Bonchev–Trinajstić information content (AvgIpc) is 3.00. The summed E-state index contributed by atoms with van der Waals surface area (Å²) in [4.78, 5) is 34.0. The van der Waals surface area contributed by atoms with Crippen LogP contribution in [0, 0.1) is 24.2 Å². The van der Waals surface area contributed by atoms with Gasteiger partial charge in [0.15, 0.2) is 5.78 Å². The van der Waals surface area contributed by atoms with Gasteiger partial charge in [-0.2, -0.15) is 5.26 Å². The van der Waals surface area contributed by atoms with Crippen molar-refractivity contribution in [3.05, 3.63) is 94.8 Å². The van der Waals surface area contributed by atoms with E-state index in [4.69, 9.17) is 10.00 Å². The molecule has 3 aromatic rings. The molecule has 212 valence electrons. The third-order valence-electron chi connectivity index (χ3n) is 8.05. The van der Waals surface area contributed by atoms with E-state index in [0.29, 0.717) is 43.7 Å². The van der Waals surface area contributed by atoms with Crippen LogP contribution in [0.25, 0.3) is 0 Å². The van der Waals surface area contributed by atoms with Crippen LogP contribution in [0.3, 0.4) is 0 Å². The monoisotopic (exact) mass is 554 g/mol. The van der Waals surface area contributed by atoms with Gasteiger partial charge in [0.2, 0.25) is 0 Å². The largest absolute Gasteiger partial charge is 0.490 e. The van der Waals surface area contributed by atoms with Crippen LogP contribution in [-0.2, 0) is 6.54 Å². The molecule has 2 aromatic carbocycles. The highest BCUT2D eigenvalue weighted by Crippen LogP contribution is 2.27. The second-order valence-corrected chi connectivity index (χ2v) is 11.1. The standard InChI is InChI=1S/C33H35FN4O3/c1-23-2-9-28(10-3-23)41-29-13-16-38(17-14-29)33(40)27-8-11-31(36-20-27)32(39)18-26-12-15-37(22-30(26)34)21-25-6-4-24(19-35)5-7-25/h2-11,20,26,29-30H,12-18,21-22H2,1H3/t26?,30-/m1/s1. The average molecular weight is 555 g/mol. The number of nitriles is 1. The number of alkyl halides is 1. The molecule has 2 aliphatic rings. The first-order chi connectivity index (χ1) is 19.9. The number of carbonyl (C=O) groups excluding carboxylic acids is 2.